The Balaban J connectivity index is 1.74. The van der Waals surface area contributed by atoms with E-state index in [1.54, 1.807) is 12.3 Å². The molecule has 1 aliphatic heterocycles. The van der Waals surface area contributed by atoms with E-state index in [9.17, 15) is 13.2 Å². The second-order valence-corrected chi connectivity index (χ2v) is 7.08. The Kier molecular flexibility index (Phi) is 3.54. The van der Waals surface area contributed by atoms with Gasteiger partial charge in [0, 0.05) is 36.9 Å². The van der Waals surface area contributed by atoms with Crippen LogP contribution < -0.4 is 10.7 Å². The smallest absolute Gasteiger partial charge is 0.328 e. The van der Waals surface area contributed by atoms with Crippen LogP contribution in [0.1, 0.15) is 29.9 Å². The second-order valence-electron chi connectivity index (χ2n) is 7.08. The van der Waals surface area contributed by atoms with Crippen molar-refractivity contribution in [3.05, 3.63) is 63.9 Å². The third-order valence-corrected chi connectivity index (χ3v) is 5.36. The Morgan fingerprint density at radius 3 is 2.81 bits per heavy atom. The molecular weight excluding hydrogens is 353 g/mol. The summed E-state index contributed by atoms with van der Waals surface area (Å²) in [6.07, 6.45) is 8.30. The zero-order chi connectivity index (χ0) is 18.6. The van der Waals surface area contributed by atoms with Crippen molar-refractivity contribution < 1.29 is 13.2 Å². The van der Waals surface area contributed by atoms with E-state index in [0.717, 1.165) is 53.5 Å². The lowest BCUT2D eigenvalue weighted by atomic mass is 9.96. The summed E-state index contributed by atoms with van der Waals surface area (Å²) >= 11 is 0. The number of aromatic nitrogens is 4. The van der Waals surface area contributed by atoms with Gasteiger partial charge in [-0.1, -0.05) is 24.3 Å². The number of aryl methyl sites for hydroxylation is 1. The third kappa shape index (κ3) is 2.69. The average Bonchev–Trinajstić information content (AvgIpc) is 3.35. The van der Waals surface area contributed by atoms with Crippen LogP contribution in [0, 0.1) is 0 Å². The Labute approximate surface area is 153 Å². The van der Waals surface area contributed by atoms with Gasteiger partial charge >= 0.3 is 6.18 Å². The number of fused-ring (bicyclic) bond motifs is 2. The molecule has 2 aromatic heterocycles. The number of nitrogens with one attached hydrogen (secondary N) is 1. The summed E-state index contributed by atoms with van der Waals surface area (Å²) in [5.41, 5.74) is 3.24. The molecule has 0 aromatic carbocycles. The largest absolute Gasteiger partial charge is 0.413 e. The molecule has 1 N–H and O–H groups in total. The highest BCUT2D eigenvalue weighted by molar-refractivity contribution is 5.74. The first-order valence-electron chi connectivity index (χ1n) is 8.97. The minimum atomic E-state index is -4.32. The van der Waals surface area contributed by atoms with Gasteiger partial charge in [-0.25, -0.2) is 4.98 Å². The molecule has 0 atom stereocenters. The predicted octanol–water partition coefficient (Wildman–Crippen LogP) is 2.57. The predicted molar refractivity (Wildman–Crippen MR) is 95.8 cm³/mol. The number of alkyl halides is 3. The van der Waals surface area contributed by atoms with Crippen molar-refractivity contribution in [2.45, 2.75) is 38.4 Å². The number of hydrogen-bond donors (Lipinski definition) is 1. The highest BCUT2D eigenvalue weighted by Crippen LogP contribution is 2.33. The first-order valence-corrected chi connectivity index (χ1v) is 8.97. The van der Waals surface area contributed by atoms with Crippen molar-refractivity contribution in [3.63, 3.8) is 0 Å². The van der Waals surface area contributed by atoms with Crippen LogP contribution in [0.3, 0.4) is 0 Å². The fraction of sp³-hybridized carbons (Fsp3) is 0.300. The molecule has 0 saturated carbocycles. The molecule has 0 amide bonds. The van der Waals surface area contributed by atoms with Crippen LogP contribution in [-0.4, -0.2) is 25.9 Å². The van der Waals surface area contributed by atoms with Crippen LogP contribution in [0.4, 0.5) is 13.2 Å². The number of halogens is 3. The molecule has 2 aliphatic carbocycles. The van der Waals surface area contributed by atoms with Crippen molar-refractivity contribution in [1.82, 2.24) is 19.7 Å². The van der Waals surface area contributed by atoms with Gasteiger partial charge < -0.3 is 4.57 Å². The van der Waals surface area contributed by atoms with E-state index in [0.29, 0.717) is 17.3 Å². The molecule has 138 valence electrons. The van der Waals surface area contributed by atoms with Crippen LogP contribution in [-0.2, 0) is 19.4 Å². The van der Waals surface area contributed by atoms with Crippen LogP contribution in [0.15, 0.2) is 36.1 Å². The van der Waals surface area contributed by atoms with E-state index in [-0.39, 0.29) is 6.42 Å². The maximum Gasteiger partial charge on any atom is 0.413 e. The van der Waals surface area contributed by atoms with Gasteiger partial charge in [-0.3, -0.25) is 5.10 Å². The van der Waals surface area contributed by atoms with Crippen molar-refractivity contribution in [3.8, 4) is 0 Å². The zero-order valence-electron chi connectivity index (χ0n) is 14.5. The van der Waals surface area contributed by atoms with Crippen molar-refractivity contribution >= 4 is 17.2 Å². The van der Waals surface area contributed by atoms with Crippen LogP contribution in [0.5, 0.6) is 0 Å². The topological polar surface area (TPSA) is 46.5 Å². The molecule has 3 aliphatic rings. The highest BCUT2D eigenvalue weighted by atomic mass is 19.4. The normalized spacial score (nSPS) is 22.7. The Bertz CT molecular complexity index is 1140. The summed E-state index contributed by atoms with van der Waals surface area (Å²) in [7, 11) is 0. The van der Waals surface area contributed by atoms with Gasteiger partial charge in [-0.15, -0.1) is 0 Å². The van der Waals surface area contributed by atoms with E-state index in [2.05, 4.69) is 14.8 Å². The van der Waals surface area contributed by atoms with E-state index in [1.807, 2.05) is 12.2 Å². The molecule has 0 radical (unpaired) electrons. The second kappa shape index (κ2) is 5.84. The maximum atomic E-state index is 13.2. The number of hydrogen-bond acceptors (Lipinski definition) is 2. The molecule has 2 aromatic rings. The van der Waals surface area contributed by atoms with E-state index < -0.39 is 11.7 Å². The van der Waals surface area contributed by atoms with Crippen molar-refractivity contribution in [2.75, 3.05) is 0 Å². The van der Waals surface area contributed by atoms with Gasteiger partial charge in [0.05, 0.1) is 22.6 Å². The minimum absolute atomic E-state index is 0.141. The molecule has 4 nitrogen and oxygen atoms in total. The number of nitrogens with zero attached hydrogens (tertiary/aromatic N) is 3. The molecule has 27 heavy (non-hydrogen) atoms. The molecule has 0 spiro atoms. The van der Waals surface area contributed by atoms with Crippen LogP contribution in [0.25, 0.3) is 17.2 Å². The van der Waals surface area contributed by atoms with E-state index in [4.69, 9.17) is 4.98 Å². The number of imidazole rings is 1. The Morgan fingerprint density at radius 1 is 1.07 bits per heavy atom. The summed E-state index contributed by atoms with van der Waals surface area (Å²) in [5.74, 6) is 0.961. The van der Waals surface area contributed by atoms with Crippen LogP contribution in [0.2, 0.25) is 0 Å². The molecule has 0 saturated heterocycles. The van der Waals surface area contributed by atoms with Gasteiger partial charge in [0.25, 0.3) is 0 Å². The summed E-state index contributed by atoms with van der Waals surface area (Å²) in [5, 5.41) is 8.67. The third-order valence-electron chi connectivity index (χ3n) is 5.36. The quantitative estimate of drug-likeness (QED) is 0.775. The number of allylic oxidation sites excluding steroid dienone is 5. The zero-order valence-corrected chi connectivity index (χ0v) is 14.5. The maximum absolute atomic E-state index is 13.2. The lowest BCUT2D eigenvalue weighted by Crippen LogP contribution is -2.35. The SMILES string of the molecule is FC(F)(F)C1=CC=CC(=c2nc3n(c2=C2C=Cc4[nH]ncc4C2)CCC3)C1. The Morgan fingerprint density at radius 2 is 1.96 bits per heavy atom. The lowest BCUT2D eigenvalue weighted by Gasteiger charge is -2.15. The summed E-state index contributed by atoms with van der Waals surface area (Å²) in [4.78, 5) is 4.75. The van der Waals surface area contributed by atoms with Crippen molar-refractivity contribution in [2.24, 2.45) is 0 Å². The molecule has 5 rings (SSSR count). The molecule has 7 heteroatoms. The molecule has 0 bridgehead atoms. The van der Waals surface area contributed by atoms with E-state index >= 15 is 0 Å². The number of H-pyrrole nitrogens is 1. The van der Waals surface area contributed by atoms with Gasteiger partial charge in [-0.2, -0.15) is 18.3 Å². The number of aromatic amines is 1. The molecule has 0 unspecified atom stereocenters. The van der Waals surface area contributed by atoms with Gasteiger partial charge in [0.1, 0.15) is 5.82 Å². The standard InChI is InChI=1S/C20H17F3N4/c21-20(22,23)15-4-1-3-12(10-15)18-19(27-8-2-5-17(27)25-18)13-6-7-16-14(9-13)11-24-26-16/h1,3-4,6-7,11H,2,5,8-10H2,(H,24,26). The fourth-order valence-electron chi connectivity index (χ4n) is 4.05. The van der Waals surface area contributed by atoms with E-state index in [1.165, 1.54) is 6.08 Å². The first-order chi connectivity index (χ1) is 13.0. The summed E-state index contributed by atoms with van der Waals surface area (Å²) in [6.45, 7) is 0.853. The van der Waals surface area contributed by atoms with Crippen molar-refractivity contribution in [1.29, 1.82) is 0 Å². The monoisotopic (exact) mass is 370 g/mol. The molecular formula is C20H17F3N4. The average molecular weight is 370 g/mol. The lowest BCUT2D eigenvalue weighted by molar-refractivity contribution is -0.0927. The summed E-state index contributed by atoms with van der Waals surface area (Å²) in [6, 6.07) is 0. The molecule has 3 heterocycles. The van der Waals surface area contributed by atoms with Crippen LogP contribution >= 0.6 is 0 Å². The van der Waals surface area contributed by atoms with Gasteiger partial charge in [-0.05, 0) is 23.6 Å². The Hall–Kier alpha value is -2.83. The summed E-state index contributed by atoms with van der Waals surface area (Å²) < 4.78 is 41.8. The molecule has 0 fully saturated rings. The fourth-order valence-corrected chi connectivity index (χ4v) is 4.05. The minimum Gasteiger partial charge on any atom is -0.328 e. The first kappa shape index (κ1) is 16.4. The number of rotatable bonds is 0. The van der Waals surface area contributed by atoms with Gasteiger partial charge in [0.2, 0.25) is 0 Å². The highest BCUT2D eigenvalue weighted by Gasteiger charge is 2.34. The van der Waals surface area contributed by atoms with Gasteiger partial charge in [0.15, 0.2) is 0 Å².